The van der Waals surface area contributed by atoms with Crippen molar-refractivity contribution in [3.8, 4) is 11.8 Å². The number of amides is 2. The van der Waals surface area contributed by atoms with Crippen molar-refractivity contribution in [2.75, 3.05) is 33.3 Å². The number of piperidine rings is 2. The molecule has 1 aromatic heterocycles. The van der Waals surface area contributed by atoms with Gasteiger partial charge in [0, 0.05) is 50.2 Å². The summed E-state index contributed by atoms with van der Waals surface area (Å²) in [6.45, 7) is 3.43. The van der Waals surface area contributed by atoms with Crippen LogP contribution in [0.1, 0.15) is 68.1 Å². The molecule has 0 spiro atoms. The van der Waals surface area contributed by atoms with Gasteiger partial charge in [-0.2, -0.15) is 5.26 Å². The van der Waals surface area contributed by atoms with Gasteiger partial charge in [0.05, 0.1) is 18.7 Å². The minimum absolute atomic E-state index is 0.0414. The zero-order valence-electron chi connectivity index (χ0n) is 23.7. The monoisotopic (exact) mass is 566 g/mol. The first kappa shape index (κ1) is 28.9. The first-order valence-electron chi connectivity index (χ1n) is 14.3. The first-order chi connectivity index (χ1) is 20.4. The number of carbonyl (C=O) groups is 3. The SMILES string of the molecule is COc1ccc(C(=O)C2CCN(C(=O)c3ccc(C(=O)NC4CCN(Cc5ccc(C#N)cc5)CC4)nn3)CC2)cc1. The molecule has 1 N–H and O–H groups in total. The fourth-order valence-electron chi connectivity index (χ4n) is 5.50. The van der Waals surface area contributed by atoms with Crippen LogP contribution in [0.25, 0.3) is 0 Å². The number of Topliss-reactive ketones (excluding diaryl/α,β-unsaturated/α-hetero) is 1. The molecular weight excluding hydrogens is 532 g/mol. The van der Waals surface area contributed by atoms with Gasteiger partial charge in [0.1, 0.15) is 5.75 Å². The number of hydrogen-bond donors (Lipinski definition) is 1. The standard InChI is InChI=1S/C32H34N6O4/c1-42-27-8-6-24(7-9-27)30(39)25-12-18-38(19-13-25)32(41)29-11-10-28(35-36-29)31(40)34-26-14-16-37(17-15-26)21-23-4-2-22(20-33)3-5-23/h2-11,25-26H,12-19,21H2,1H3,(H,34,40). The number of nitrogens with zero attached hydrogens (tertiary/aromatic N) is 5. The molecular formula is C32H34N6O4. The Labute approximate surface area is 245 Å². The Hall–Kier alpha value is -4.62. The molecule has 2 aliphatic rings. The summed E-state index contributed by atoms with van der Waals surface area (Å²) in [7, 11) is 1.59. The average Bonchev–Trinajstić information content (AvgIpc) is 3.05. The summed E-state index contributed by atoms with van der Waals surface area (Å²) in [5.74, 6) is 0.0953. The maximum absolute atomic E-state index is 13.0. The normalized spacial score (nSPS) is 16.4. The van der Waals surface area contributed by atoms with Crippen LogP contribution in [0, 0.1) is 17.2 Å². The Kier molecular flexibility index (Phi) is 9.19. The number of likely N-dealkylation sites (tertiary alicyclic amines) is 2. The van der Waals surface area contributed by atoms with Crippen molar-refractivity contribution < 1.29 is 19.1 Å². The molecule has 2 fully saturated rings. The van der Waals surface area contributed by atoms with E-state index in [0.717, 1.165) is 38.0 Å². The number of benzene rings is 2. The fraction of sp³-hybridized carbons (Fsp3) is 0.375. The van der Waals surface area contributed by atoms with Crippen molar-refractivity contribution in [1.29, 1.82) is 5.26 Å². The summed E-state index contributed by atoms with van der Waals surface area (Å²) in [5, 5.41) is 20.1. The highest BCUT2D eigenvalue weighted by molar-refractivity contribution is 5.98. The maximum atomic E-state index is 13.0. The summed E-state index contributed by atoms with van der Waals surface area (Å²) in [6, 6.07) is 20.0. The first-order valence-corrected chi connectivity index (χ1v) is 14.3. The van der Waals surface area contributed by atoms with Crippen LogP contribution in [-0.4, -0.2) is 76.9 Å². The van der Waals surface area contributed by atoms with Crippen LogP contribution in [0.3, 0.4) is 0 Å². The second-order valence-corrected chi connectivity index (χ2v) is 10.8. The quantitative estimate of drug-likeness (QED) is 0.411. The highest BCUT2D eigenvalue weighted by Gasteiger charge is 2.29. The molecule has 5 rings (SSSR count). The second-order valence-electron chi connectivity index (χ2n) is 10.8. The van der Waals surface area contributed by atoms with Crippen LogP contribution in [0.5, 0.6) is 5.75 Å². The third-order valence-electron chi connectivity index (χ3n) is 8.06. The van der Waals surface area contributed by atoms with Gasteiger partial charge in [-0.15, -0.1) is 10.2 Å². The van der Waals surface area contributed by atoms with Gasteiger partial charge in [0.2, 0.25) is 0 Å². The van der Waals surface area contributed by atoms with E-state index in [1.54, 1.807) is 42.3 Å². The number of rotatable bonds is 8. The topological polar surface area (TPSA) is 129 Å². The molecule has 2 aromatic carbocycles. The Morgan fingerprint density at radius 1 is 0.881 bits per heavy atom. The number of carbonyl (C=O) groups excluding carboxylic acids is 3. The Bertz CT molecular complexity index is 1430. The lowest BCUT2D eigenvalue weighted by molar-refractivity contribution is 0.0644. The van der Waals surface area contributed by atoms with Crippen molar-refractivity contribution in [2.45, 2.75) is 38.3 Å². The van der Waals surface area contributed by atoms with E-state index in [9.17, 15) is 14.4 Å². The molecule has 216 valence electrons. The van der Waals surface area contributed by atoms with Gasteiger partial charge in [0.15, 0.2) is 17.2 Å². The maximum Gasteiger partial charge on any atom is 0.274 e. The highest BCUT2D eigenvalue weighted by Crippen LogP contribution is 2.24. The fourth-order valence-corrected chi connectivity index (χ4v) is 5.50. The minimum atomic E-state index is -0.301. The van der Waals surface area contributed by atoms with Gasteiger partial charge in [-0.05, 0) is 79.8 Å². The molecule has 42 heavy (non-hydrogen) atoms. The second kappa shape index (κ2) is 13.4. The van der Waals surface area contributed by atoms with E-state index in [-0.39, 0.29) is 40.9 Å². The molecule has 2 aliphatic heterocycles. The predicted molar refractivity (Wildman–Crippen MR) is 155 cm³/mol. The van der Waals surface area contributed by atoms with E-state index in [4.69, 9.17) is 10.00 Å². The summed E-state index contributed by atoms with van der Waals surface area (Å²) < 4.78 is 5.16. The van der Waals surface area contributed by atoms with Crippen molar-refractivity contribution in [1.82, 2.24) is 25.3 Å². The Balaban J connectivity index is 1.06. The zero-order chi connectivity index (χ0) is 29.5. The lowest BCUT2D eigenvalue weighted by Gasteiger charge is -2.32. The van der Waals surface area contributed by atoms with E-state index in [1.807, 2.05) is 24.3 Å². The number of ketones is 1. The zero-order valence-corrected chi connectivity index (χ0v) is 23.7. The van der Waals surface area contributed by atoms with Crippen LogP contribution in [0.15, 0.2) is 60.7 Å². The molecule has 2 amide bonds. The minimum Gasteiger partial charge on any atom is -0.497 e. The van der Waals surface area contributed by atoms with Crippen LogP contribution in [0.4, 0.5) is 0 Å². The van der Waals surface area contributed by atoms with Crippen molar-refractivity contribution in [2.24, 2.45) is 5.92 Å². The highest BCUT2D eigenvalue weighted by atomic mass is 16.5. The number of ether oxygens (including phenoxy) is 1. The lowest BCUT2D eigenvalue weighted by atomic mass is 9.89. The van der Waals surface area contributed by atoms with Gasteiger partial charge < -0.3 is 15.0 Å². The van der Waals surface area contributed by atoms with Crippen LogP contribution >= 0.6 is 0 Å². The van der Waals surface area contributed by atoms with Gasteiger partial charge in [-0.1, -0.05) is 12.1 Å². The smallest absolute Gasteiger partial charge is 0.274 e. The van der Waals surface area contributed by atoms with Gasteiger partial charge in [-0.25, -0.2) is 0 Å². The van der Waals surface area contributed by atoms with Crippen LogP contribution in [0.2, 0.25) is 0 Å². The van der Waals surface area contributed by atoms with Crippen molar-refractivity contribution in [3.05, 3.63) is 88.7 Å². The van der Waals surface area contributed by atoms with Gasteiger partial charge in [-0.3, -0.25) is 19.3 Å². The summed E-state index contributed by atoms with van der Waals surface area (Å²) in [6.07, 6.45) is 2.81. The molecule has 0 unspecified atom stereocenters. The van der Waals surface area contributed by atoms with E-state index >= 15 is 0 Å². The largest absolute Gasteiger partial charge is 0.497 e. The summed E-state index contributed by atoms with van der Waals surface area (Å²) in [5.41, 5.74) is 2.82. The van der Waals surface area contributed by atoms with Crippen molar-refractivity contribution >= 4 is 17.6 Å². The molecule has 0 radical (unpaired) electrons. The van der Waals surface area contributed by atoms with Crippen LogP contribution in [-0.2, 0) is 6.54 Å². The van der Waals surface area contributed by atoms with E-state index < -0.39 is 0 Å². The lowest BCUT2D eigenvalue weighted by Crippen LogP contribution is -2.44. The summed E-state index contributed by atoms with van der Waals surface area (Å²) >= 11 is 0. The number of methoxy groups -OCH3 is 1. The molecule has 10 heteroatoms. The van der Waals surface area contributed by atoms with E-state index in [0.29, 0.717) is 42.8 Å². The number of hydrogen-bond acceptors (Lipinski definition) is 8. The predicted octanol–water partition coefficient (Wildman–Crippen LogP) is 3.49. The molecule has 10 nitrogen and oxygen atoms in total. The average molecular weight is 567 g/mol. The third-order valence-corrected chi connectivity index (χ3v) is 8.06. The molecule has 0 saturated carbocycles. The van der Waals surface area contributed by atoms with E-state index in [2.05, 4.69) is 26.5 Å². The van der Waals surface area contributed by atoms with E-state index in [1.165, 1.54) is 6.07 Å². The number of aromatic nitrogens is 2. The van der Waals surface area contributed by atoms with Gasteiger partial charge in [0.25, 0.3) is 11.8 Å². The van der Waals surface area contributed by atoms with Crippen molar-refractivity contribution in [3.63, 3.8) is 0 Å². The molecule has 3 aromatic rings. The molecule has 3 heterocycles. The molecule has 0 aliphatic carbocycles. The number of nitrogens with one attached hydrogen (secondary N) is 1. The Morgan fingerprint density at radius 2 is 1.52 bits per heavy atom. The molecule has 2 saturated heterocycles. The third kappa shape index (κ3) is 6.98. The molecule has 0 bridgehead atoms. The molecule has 0 atom stereocenters. The summed E-state index contributed by atoms with van der Waals surface area (Å²) in [4.78, 5) is 42.7. The van der Waals surface area contributed by atoms with Crippen LogP contribution < -0.4 is 10.1 Å². The Morgan fingerprint density at radius 3 is 2.12 bits per heavy atom. The van der Waals surface area contributed by atoms with Gasteiger partial charge >= 0.3 is 0 Å². The number of nitriles is 1.